The Morgan fingerprint density at radius 2 is 1.96 bits per heavy atom. The number of pyridine rings is 1. The van der Waals surface area contributed by atoms with Crippen LogP contribution in [0.4, 0.5) is 5.69 Å². The normalized spacial score (nSPS) is 28.4. The lowest BCUT2D eigenvalue weighted by atomic mass is 9.65. The molecule has 0 amide bonds. The highest BCUT2D eigenvalue weighted by molar-refractivity contribution is 5.93. The van der Waals surface area contributed by atoms with Gasteiger partial charge >= 0.3 is 0 Å². The predicted molar refractivity (Wildman–Crippen MR) is 99.9 cm³/mol. The molecule has 128 valence electrons. The molecule has 1 aliphatic heterocycles. The molecule has 2 heterocycles. The second kappa shape index (κ2) is 5.11. The Kier molecular flexibility index (Phi) is 3.35. The summed E-state index contributed by atoms with van der Waals surface area (Å²) >= 11 is 0. The van der Waals surface area contributed by atoms with Crippen LogP contribution in [0.2, 0.25) is 0 Å². The number of nitrogens with zero attached hydrogens (tertiary/aromatic N) is 2. The summed E-state index contributed by atoms with van der Waals surface area (Å²) in [4.78, 5) is 7.41. The van der Waals surface area contributed by atoms with Crippen LogP contribution in [0, 0.1) is 17.8 Å². The van der Waals surface area contributed by atoms with Crippen LogP contribution in [0.25, 0.3) is 10.9 Å². The van der Waals surface area contributed by atoms with Crippen molar-refractivity contribution in [2.24, 2.45) is 10.8 Å². The molecular weight excluding hydrogens is 296 g/mol. The minimum absolute atomic E-state index is 0.433. The number of methoxy groups -OCH3 is 1. The van der Waals surface area contributed by atoms with Crippen LogP contribution in [0.15, 0.2) is 24.3 Å². The molecule has 1 saturated carbocycles. The van der Waals surface area contributed by atoms with Crippen molar-refractivity contribution < 1.29 is 4.74 Å². The number of hydrogen-bond acceptors (Lipinski definition) is 3. The largest absolute Gasteiger partial charge is 0.497 e. The molecule has 1 saturated heterocycles. The van der Waals surface area contributed by atoms with E-state index in [4.69, 9.17) is 9.72 Å². The van der Waals surface area contributed by atoms with Crippen LogP contribution in [0.1, 0.15) is 45.7 Å². The topological polar surface area (TPSA) is 25.4 Å². The third-order valence-electron chi connectivity index (χ3n) is 5.85. The van der Waals surface area contributed by atoms with Gasteiger partial charge in [-0.15, -0.1) is 0 Å². The molecule has 1 aromatic heterocycles. The maximum Gasteiger partial charge on any atom is 0.121 e. The Morgan fingerprint density at radius 3 is 2.71 bits per heavy atom. The summed E-state index contributed by atoms with van der Waals surface area (Å²) < 4.78 is 5.39. The Bertz CT molecular complexity index is 798. The molecule has 2 unspecified atom stereocenters. The van der Waals surface area contributed by atoms with Gasteiger partial charge in [0.15, 0.2) is 0 Å². The molecule has 3 heteroatoms. The quantitative estimate of drug-likeness (QED) is 0.781. The third kappa shape index (κ3) is 2.54. The summed E-state index contributed by atoms with van der Waals surface area (Å²) in [7, 11) is 1.71. The van der Waals surface area contributed by atoms with E-state index in [0.29, 0.717) is 16.9 Å². The number of benzene rings is 1. The zero-order valence-electron chi connectivity index (χ0n) is 15.5. The number of fused-ring (bicyclic) bond motifs is 3. The highest BCUT2D eigenvalue weighted by atomic mass is 16.5. The van der Waals surface area contributed by atoms with Gasteiger partial charge in [-0.25, -0.2) is 0 Å². The summed E-state index contributed by atoms with van der Waals surface area (Å²) in [5.74, 6) is 0.875. The van der Waals surface area contributed by atoms with Crippen molar-refractivity contribution in [2.45, 2.75) is 53.0 Å². The van der Waals surface area contributed by atoms with E-state index in [0.717, 1.165) is 23.5 Å². The number of ether oxygens (including phenoxy) is 1. The SMILES string of the molecule is COc1ccc2c(N3CC4(C)CC3CC(C)(C)C4)cc(C)nc2c1. The van der Waals surface area contributed by atoms with E-state index in [-0.39, 0.29) is 0 Å². The average molecular weight is 324 g/mol. The number of anilines is 1. The van der Waals surface area contributed by atoms with E-state index in [9.17, 15) is 0 Å². The number of rotatable bonds is 2. The van der Waals surface area contributed by atoms with Crippen LogP contribution in [-0.4, -0.2) is 24.7 Å². The van der Waals surface area contributed by atoms with Crippen LogP contribution < -0.4 is 9.64 Å². The number of aryl methyl sites for hydroxylation is 1. The summed E-state index contributed by atoms with van der Waals surface area (Å²) in [6.07, 6.45) is 3.92. The Balaban J connectivity index is 1.82. The molecule has 2 aliphatic rings. The van der Waals surface area contributed by atoms with Crippen molar-refractivity contribution in [3.8, 4) is 5.75 Å². The summed E-state index contributed by atoms with van der Waals surface area (Å²) in [6, 6.07) is 9.19. The third-order valence-corrected chi connectivity index (χ3v) is 5.85. The van der Waals surface area contributed by atoms with Gasteiger partial charge in [0.05, 0.1) is 12.6 Å². The fraction of sp³-hybridized carbons (Fsp3) is 0.571. The second-order valence-corrected chi connectivity index (χ2v) is 9.01. The highest BCUT2D eigenvalue weighted by Crippen LogP contribution is 2.54. The molecule has 2 bridgehead atoms. The fourth-order valence-electron chi connectivity index (χ4n) is 5.42. The van der Waals surface area contributed by atoms with Gasteiger partial charge in [0.1, 0.15) is 5.75 Å². The molecule has 2 atom stereocenters. The zero-order chi connectivity index (χ0) is 17.1. The molecule has 0 N–H and O–H groups in total. The van der Waals surface area contributed by atoms with E-state index in [1.165, 1.54) is 30.3 Å². The van der Waals surface area contributed by atoms with Gasteiger partial charge in [-0.3, -0.25) is 4.98 Å². The minimum Gasteiger partial charge on any atom is -0.497 e. The summed E-state index contributed by atoms with van der Waals surface area (Å²) in [6.45, 7) is 10.6. The minimum atomic E-state index is 0.433. The summed E-state index contributed by atoms with van der Waals surface area (Å²) in [5.41, 5.74) is 4.34. The fourth-order valence-corrected chi connectivity index (χ4v) is 5.42. The maximum absolute atomic E-state index is 5.39. The molecular formula is C21H28N2O. The van der Waals surface area contributed by atoms with E-state index in [2.05, 4.69) is 56.9 Å². The lowest BCUT2D eigenvalue weighted by molar-refractivity contribution is 0.136. The first-order valence-corrected chi connectivity index (χ1v) is 9.01. The van der Waals surface area contributed by atoms with E-state index >= 15 is 0 Å². The average Bonchev–Trinajstić information content (AvgIpc) is 2.74. The van der Waals surface area contributed by atoms with Gasteiger partial charge in [0, 0.05) is 35.4 Å². The highest BCUT2D eigenvalue weighted by Gasteiger charge is 2.49. The first kappa shape index (κ1) is 15.7. The summed E-state index contributed by atoms with van der Waals surface area (Å²) in [5, 5.41) is 1.25. The maximum atomic E-state index is 5.39. The second-order valence-electron chi connectivity index (χ2n) is 9.01. The zero-order valence-corrected chi connectivity index (χ0v) is 15.5. The molecule has 0 spiro atoms. The molecule has 1 aliphatic carbocycles. The first-order chi connectivity index (χ1) is 11.3. The van der Waals surface area contributed by atoms with Gasteiger partial charge < -0.3 is 9.64 Å². The molecule has 0 radical (unpaired) electrons. The van der Waals surface area contributed by atoms with Crippen molar-refractivity contribution in [3.63, 3.8) is 0 Å². The Labute approximate surface area is 145 Å². The number of aromatic nitrogens is 1. The van der Waals surface area contributed by atoms with Crippen molar-refractivity contribution >= 4 is 16.6 Å². The molecule has 2 aromatic rings. The van der Waals surface area contributed by atoms with E-state index in [1.807, 2.05) is 0 Å². The molecule has 3 nitrogen and oxygen atoms in total. The smallest absolute Gasteiger partial charge is 0.121 e. The van der Waals surface area contributed by atoms with Gasteiger partial charge in [-0.1, -0.05) is 20.8 Å². The van der Waals surface area contributed by atoms with Gasteiger partial charge in [-0.2, -0.15) is 0 Å². The lowest BCUT2D eigenvalue weighted by Gasteiger charge is -2.39. The van der Waals surface area contributed by atoms with Gasteiger partial charge in [0.25, 0.3) is 0 Å². The van der Waals surface area contributed by atoms with Crippen LogP contribution >= 0.6 is 0 Å². The van der Waals surface area contributed by atoms with Crippen molar-refractivity contribution in [2.75, 3.05) is 18.6 Å². The van der Waals surface area contributed by atoms with Gasteiger partial charge in [-0.05, 0) is 55.2 Å². The standard InChI is InChI=1S/C21H28N2O/c1-14-8-19(17-7-6-16(24-5)9-18(17)22-14)23-13-21(4)11-15(23)10-20(2,3)12-21/h6-9,15H,10-13H2,1-5H3. The molecule has 2 fully saturated rings. The van der Waals surface area contributed by atoms with Crippen molar-refractivity contribution in [3.05, 3.63) is 30.0 Å². The molecule has 1 aromatic carbocycles. The van der Waals surface area contributed by atoms with Gasteiger partial charge in [0.2, 0.25) is 0 Å². The van der Waals surface area contributed by atoms with Crippen LogP contribution in [0.5, 0.6) is 5.75 Å². The van der Waals surface area contributed by atoms with Crippen LogP contribution in [0.3, 0.4) is 0 Å². The van der Waals surface area contributed by atoms with Crippen molar-refractivity contribution in [1.82, 2.24) is 4.98 Å². The molecule has 4 rings (SSSR count). The Hall–Kier alpha value is -1.77. The monoisotopic (exact) mass is 324 g/mol. The lowest BCUT2D eigenvalue weighted by Crippen LogP contribution is -2.34. The molecule has 24 heavy (non-hydrogen) atoms. The Morgan fingerprint density at radius 1 is 1.17 bits per heavy atom. The van der Waals surface area contributed by atoms with Crippen LogP contribution in [-0.2, 0) is 0 Å². The first-order valence-electron chi connectivity index (χ1n) is 9.01. The van der Waals surface area contributed by atoms with E-state index in [1.54, 1.807) is 7.11 Å². The predicted octanol–water partition coefficient (Wildman–Crippen LogP) is 4.96. The van der Waals surface area contributed by atoms with Crippen molar-refractivity contribution in [1.29, 1.82) is 0 Å². The number of hydrogen-bond donors (Lipinski definition) is 0. The van der Waals surface area contributed by atoms with E-state index < -0.39 is 0 Å².